The number of anilines is 1. The Labute approximate surface area is 131 Å². The van der Waals surface area contributed by atoms with Crippen molar-refractivity contribution in [3.63, 3.8) is 0 Å². The lowest BCUT2D eigenvalue weighted by Gasteiger charge is -2.08. The Morgan fingerprint density at radius 3 is 2.71 bits per heavy atom. The summed E-state index contributed by atoms with van der Waals surface area (Å²) >= 11 is 3.28. The van der Waals surface area contributed by atoms with Crippen LogP contribution >= 0.6 is 15.9 Å². The highest BCUT2D eigenvalue weighted by atomic mass is 79.9. The first-order valence-electron chi connectivity index (χ1n) is 6.60. The first-order valence-corrected chi connectivity index (χ1v) is 7.39. The molecule has 1 amide bonds. The van der Waals surface area contributed by atoms with Gasteiger partial charge in [0.1, 0.15) is 5.82 Å². The third-order valence-electron chi connectivity index (χ3n) is 3.16. The second-order valence-electron chi connectivity index (χ2n) is 4.71. The van der Waals surface area contributed by atoms with Gasteiger partial charge in [0.2, 0.25) is 5.91 Å². The molecule has 0 spiro atoms. The number of halogens is 2. The van der Waals surface area contributed by atoms with Gasteiger partial charge in [0, 0.05) is 28.7 Å². The zero-order valence-corrected chi connectivity index (χ0v) is 13.0. The van der Waals surface area contributed by atoms with Crippen LogP contribution in [-0.4, -0.2) is 5.91 Å². The number of nitrogens with two attached hydrogens (primary N) is 1. The zero-order chi connectivity index (χ0) is 15.2. The Kier molecular flexibility index (Phi) is 5.33. The standard InChI is InChI=1S/C16H16BrFN2O/c17-13-6-7-14(18)12(9-13)10-20-16(21)8-5-11-3-1-2-4-15(11)19/h1-4,6-7,9H,5,8,10,19H2,(H,20,21). The van der Waals surface area contributed by atoms with Gasteiger partial charge in [-0.25, -0.2) is 4.39 Å². The van der Waals surface area contributed by atoms with Gasteiger partial charge in [-0.05, 0) is 36.2 Å². The summed E-state index contributed by atoms with van der Waals surface area (Å²) < 4.78 is 14.3. The second-order valence-corrected chi connectivity index (χ2v) is 5.63. The Bertz CT molecular complexity index is 646. The van der Waals surface area contributed by atoms with E-state index in [9.17, 15) is 9.18 Å². The van der Waals surface area contributed by atoms with Gasteiger partial charge < -0.3 is 11.1 Å². The fraction of sp³-hybridized carbons (Fsp3) is 0.188. The summed E-state index contributed by atoms with van der Waals surface area (Å²) in [7, 11) is 0. The van der Waals surface area contributed by atoms with Gasteiger partial charge in [0.25, 0.3) is 0 Å². The quantitative estimate of drug-likeness (QED) is 0.811. The molecular formula is C16H16BrFN2O. The Morgan fingerprint density at radius 2 is 1.95 bits per heavy atom. The molecule has 0 bridgehead atoms. The number of amides is 1. The van der Waals surface area contributed by atoms with E-state index < -0.39 is 0 Å². The van der Waals surface area contributed by atoms with E-state index in [2.05, 4.69) is 21.2 Å². The average molecular weight is 351 g/mol. The zero-order valence-electron chi connectivity index (χ0n) is 11.4. The Morgan fingerprint density at radius 1 is 1.19 bits per heavy atom. The van der Waals surface area contributed by atoms with Crippen LogP contribution < -0.4 is 11.1 Å². The normalized spacial score (nSPS) is 10.4. The van der Waals surface area contributed by atoms with E-state index in [1.165, 1.54) is 6.07 Å². The average Bonchev–Trinajstić information content (AvgIpc) is 2.47. The molecule has 0 aliphatic carbocycles. The Hall–Kier alpha value is -1.88. The molecule has 0 aliphatic heterocycles. The number of carbonyl (C=O) groups excluding carboxylic acids is 1. The molecule has 3 N–H and O–H groups in total. The van der Waals surface area contributed by atoms with Gasteiger partial charge in [0.05, 0.1) is 0 Å². The minimum Gasteiger partial charge on any atom is -0.399 e. The highest BCUT2D eigenvalue weighted by molar-refractivity contribution is 9.10. The highest BCUT2D eigenvalue weighted by Gasteiger charge is 2.07. The Balaban J connectivity index is 1.85. The summed E-state index contributed by atoms with van der Waals surface area (Å²) in [5.41, 5.74) is 7.91. The minimum atomic E-state index is -0.328. The van der Waals surface area contributed by atoms with E-state index in [-0.39, 0.29) is 18.3 Å². The molecule has 110 valence electrons. The maximum atomic E-state index is 13.5. The minimum absolute atomic E-state index is 0.127. The van der Waals surface area contributed by atoms with Crippen LogP contribution in [0.2, 0.25) is 0 Å². The molecule has 21 heavy (non-hydrogen) atoms. The molecule has 0 fully saturated rings. The van der Waals surface area contributed by atoms with Crippen LogP contribution in [0.3, 0.4) is 0 Å². The van der Waals surface area contributed by atoms with Crippen molar-refractivity contribution < 1.29 is 9.18 Å². The van der Waals surface area contributed by atoms with Crippen molar-refractivity contribution in [2.75, 3.05) is 5.73 Å². The molecular weight excluding hydrogens is 335 g/mol. The van der Waals surface area contributed by atoms with E-state index >= 15 is 0 Å². The van der Waals surface area contributed by atoms with Crippen molar-refractivity contribution in [1.82, 2.24) is 5.32 Å². The van der Waals surface area contributed by atoms with Crippen LogP contribution in [-0.2, 0) is 17.8 Å². The summed E-state index contributed by atoms with van der Waals surface area (Å²) in [6, 6.07) is 12.1. The number of carbonyl (C=O) groups is 1. The smallest absolute Gasteiger partial charge is 0.220 e. The third-order valence-corrected chi connectivity index (χ3v) is 3.65. The number of rotatable bonds is 5. The number of nitrogen functional groups attached to an aromatic ring is 1. The molecule has 0 aromatic heterocycles. The predicted molar refractivity (Wildman–Crippen MR) is 85.1 cm³/mol. The van der Waals surface area contributed by atoms with Gasteiger partial charge in [-0.1, -0.05) is 34.1 Å². The fourth-order valence-electron chi connectivity index (χ4n) is 1.97. The molecule has 0 heterocycles. The van der Waals surface area contributed by atoms with Crippen LogP contribution in [0.4, 0.5) is 10.1 Å². The van der Waals surface area contributed by atoms with Gasteiger partial charge in [0.15, 0.2) is 0 Å². The van der Waals surface area contributed by atoms with Crippen molar-refractivity contribution in [1.29, 1.82) is 0 Å². The third kappa shape index (κ3) is 4.56. The fourth-order valence-corrected chi connectivity index (χ4v) is 2.38. The summed E-state index contributed by atoms with van der Waals surface area (Å²) in [5.74, 6) is -0.455. The lowest BCUT2D eigenvalue weighted by Crippen LogP contribution is -2.23. The van der Waals surface area contributed by atoms with Crippen molar-refractivity contribution in [3.8, 4) is 0 Å². The van der Waals surface area contributed by atoms with E-state index in [1.807, 2.05) is 24.3 Å². The molecule has 2 rings (SSSR count). The van der Waals surface area contributed by atoms with Crippen LogP contribution in [0.15, 0.2) is 46.9 Å². The predicted octanol–water partition coefficient (Wildman–Crippen LogP) is 3.42. The SMILES string of the molecule is Nc1ccccc1CCC(=O)NCc1cc(Br)ccc1F. The van der Waals surface area contributed by atoms with Crippen molar-refractivity contribution in [2.24, 2.45) is 0 Å². The molecule has 0 unspecified atom stereocenters. The van der Waals surface area contributed by atoms with Gasteiger partial charge in [-0.3, -0.25) is 4.79 Å². The molecule has 5 heteroatoms. The molecule has 2 aromatic carbocycles. The van der Waals surface area contributed by atoms with Crippen LogP contribution in [0.25, 0.3) is 0 Å². The van der Waals surface area contributed by atoms with Crippen LogP contribution in [0.5, 0.6) is 0 Å². The monoisotopic (exact) mass is 350 g/mol. The summed E-state index contributed by atoms with van der Waals surface area (Å²) in [6.07, 6.45) is 0.892. The lowest BCUT2D eigenvalue weighted by atomic mass is 10.1. The van der Waals surface area contributed by atoms with Gasteiger partial charge in [-0.15, -0.1) is 0 Å². The number of benzene rings is 2. The van der Waals surface area contributed by atoms with Gasteiger partial charge in [-0.2, -0.15) is 0 Å². The van der Waals surface area contributed by atoms with Crippen molar-refractivity contribution in [2.45, 2.75) is 19.4 Å². The van der Waals surface area contributed by atoms with Crippen molar-refractivity contribution in [3.05, 3.63) is 63.9 Å². The molecule has 2 aromatic rings. The van der Waals surface area contributed by atoms with E-state index in [4.69, 9.17) is 5.73 Å². The summed E-state index contributed by atoms with van der Waals surface area (Å²) in [6.45, 7) is 0.175. The topological polar surface area (TPSA) is 55.1 Å². The molecule has 0 aliphatic rings. The highest BCUT2D eigenvalue weighted by Crippen LogP contribution is 2.16. The van der Waals surface area contributed by atoms with E-state index in [1.54, 1.807) is 12.1 Å². The molecule has 0 saturated heterocycles. The summed E-state index contributed by atoms with van der Waals surface area (Å²) in [4.78, 5) is 11.8. The van der Waals surface area contributed by atoms with Crippen LogP contribution in [0, 0.1) is 5.82 Å². The second kappa shape index (κ2) is 7.22. The van der Waals surface area contributed by atoms with Crippen LogP contribution in [0.1, 0.15) is 17.5 Å². The maximum Gasteiger partial charge on any atom is 0.220 e. The number of para-hydroxylation sites is 1. The summed E-state index contributed by atoms with van der Waals surface area (Å²) in [5, 5.41) is 2.72. The molecule has 0 radical (unpaired) electrons. The molecule has 0 saturated carbocycles. The number of hydrogen-bond donors (Lipinski definition) is 2. The van der Waals surface area contributed by atoms with E-state index in [0.717, 1.165) is 10.0 Å². The first kappa shape index (κ1) is 15.5. The largest absolute Gasteiger partial charge is 0.399 e. The molecule has 0 atom stereocenters. The first-order chi connectivity index (χ1) is 10.1. The van der Waals surface area contributed by atoms with E-state index in [0.29, 0.717) is 24.1 Å². The number of aryl methyl sites for hydroxylation is 1. The molecule has 3 nitrogen and oxygen atoms in total. The number of nitrogens with one attached hydrogen (secondary N) is 1. The lowest BCUT2D eigenvalue weighted by molar-refractivity contribution is -0.121. The maximum absolute atomic E-state index is 13.5. The van der Waals surface area contributed by atoms with Crippen molar-refractivity contribution >= 4 is 27.5 Å². The van der Waals surface area contributed by atoms with Gasteiger partial charge >= 0.3 is 0 Å². The number of hydrogen-bond acceptors (Lipinski definition) is 2.